The molecule has 1 aliphatic heterocycles. The molecule has 3 aromatic rings. The first-order valence-corrected chi connectivity index (χ1v) is 11.6. The third kappa shape index (κ3) is 5.31. The van der Waals surface area contributed by atoms with Gasteiger partial charge in [0.1, 0.15) is 12.0 Å². The van der Waals surface area contributed by atoms with Gasteiger partial charge in [0.25, 0.3) is 0 Å². The Hall–Kier alpha value is -3.45. The van der Waals surface area contributed by atoms with E-state index in [0.717, 1.165) is 48.2 Å². The normalized spacial score (nSPS) is 16.5. The van der Waals surface area contributed by atoms with Gasteiger partial charge in [-0.2, -0.15) is 10.4 Å². The number of nitrogens with one attached hydrogen (secondary N) is 2. The van der Waals surface area contributed by atoms with E-state index in [1.807, 2.05) is 41.2 Å². The number of hydrogen-bond acceptors (Lipinski definition) is 6. The standard InChI is InChI=1S/C23H31N9O/c1-3-17(2)29-23(33)31-11-9-30(10-12-31)19(5-4-7-24)15-32-14-18(13-28-32)21-20-6-8-25-22(20)27-16-26-21/h6,8,13-14,16-17,19H,3-5,9-12,15H2,1-2H3,(H,29,33)(H,25,26,27)/t17-,19-/m1/s1. The van der Waals surface area contributed by atoms with Crippen LogP contribution in [0.4, 0.5) is 4.79 Å². The fourth-order valence-corrected chi connectivity index (χ4v) is 4.22. The van der Waals surface area contributed by atoms with Gasteiger partial charge in [-0.25, -0.2) is 14.8 Å². The maximum absolute atomic E-state index is 12.4. The Balaban J connectivity index is 1.41. The molecule has 1 aliphatic rings. The van der Waals surface area contributed by atoms with Gasteiger partial charge in [0.05, 0.1) is 24.5 Å². The zero-order valence-electron chi connectivity index (χ0n) is 19.2. The fourth-order valence-electron chi connectivity index (χ4n) is 4.22. The molecule has 0 saturated carbocycles. The van der Waals surface area contributed by atoms with Gasteiger partial charge >= 0.3 is 6.03 Å². The second-order valence-corrected chi connectivity index (χ2v) is 8.55. The van der Waals surface area contributed by atoms with Crippen molar-refractivity contribution in [2.24, 2.45) is 0 Å². The Kier molecular flexibility index (Phi) is 7.19. The minimum absolute atomic E-state index is 0.00946. The lowest BCUT2D eigenvalue weighted by Crippen LogP contribution is -2.55. The molecule has 3 aromatic heterocycles. The van der Waals surface area contributed by atoms with Gasteiger partial charge in [-0.15, -0.1) is 0 Å². The number of H-pyrrole nitrogens is 1. The van der Waals surface area contributed by atoms with E-state index in [0.29, 0.717) is 26.1 Å². The van der Waals surface area contributed by atoms with E-state index in [2.05, 4.69) is 43.3 Å². The average molecular weight is 450 g/mol. The summed E-state index contributed by atoms with van der Waals surface area (Å²) >= 11 is 0. The minimum atomic E-state index is 0.00946. The van der Waals surface area contributed by atoms with Crippen LogP contribution in [0.5, 0.6) is 0 Å². The second kappa shape index (κ2) is 10.4. The highest BCUT2D eigenvalue weighted by Crippen LogP contribution is 2.24. The molecule has 0 spiro atoms. The van der Waals surface area contributed by atoms with Crippen molar-refractivity contribution in [3.8, 4) is 17.3 Å². The van der Waals surface area contributed by atoms with Crippen molar-refractivity contribution >= 4 is 17.1 Å². The molecule has 0 aliphatic carbocycles. The average Bonchev–Trinajstić information content (AvgIpc) is 3.51. The van der Waals surface area contributed by atoms with Crippen molar-refractivity contribution in [3.05, 3.63) is 31.0 Å². The Labute approximate surface area is 193 Å². The van der Waals surface area contributed by atoms with Gasteiger partial charge in [-0.05, 0) is 25.8 Å². The number of nitrogens with zero attached hydrogens (tertiary/aromatic N) is 7. The maximum atomic E-state index is 12.4. The molecular formula is C23H31N9O. The first-order chi connectivity index (χ1) is 16.1. The molecule has 33 heavy (non-hydrogen) atoms. The number of amides is 2. The van der Waals surface area contributed by atoms with Crippen LogP contribution in [0.15, 0.2) is 31.0 Å². The largest absolute Gasteiger partial charge is 0.346 e. The zero-order valence-corrected chi connectivity index (χ0v) is 19.2. The molecule has 1 fully saturated rings. The van der Waals surface area contributed by atoms with Crippen LogP contribution in [0, 0.1) is 11.3 Å². The van der Waals surface area contributed by atoms with Gasteiger partial charge in [-0.1, -0.05) is 6.92 Å². The van der Waals surface area contributed by atoms with E-state index in [9.17, 15) is 4.79 Å². The molecule has 10 heteroatoms. The second-order valence-electron chi connectivity index (χ2n) is 8.55. The van der Waals surface area contributed by atoms with E-state index >= 15 is 0 Å². The number of urea groups is 1. The van der Waals surface area contributed by atoms with Crippen molar-refractivity contribution in [1.82, 2.24) is 39.8 Å². The molecule has 2 amide bonds. The van der Waals surface area contributed by atoms with Crippen LogP contribution in [0.2, 0.25) is 0 Å². The molecule has 0 unspecified atom stereocenters. The van der Waals surface area contributed by atoms with Crippen molar-refractivity contribution < 1.29 is 4.79 Å². The minimum Gasteiger partial charge on any atom is -0.346 e. The highest BCUT2D eigenvalue weighted by atomic mass is 16.2. The first-order valence-electron chi connectivity index (χ1n) is 11.6. The zero-order chi connectivity index (χ0) is 23.2. The lowest BCUT2D eigenvalue weighted by molar-refractivity contribution is 0.0941. The van der Waals surface area contributed by atoms with E-state index in [4.69, 9.17) is 5.26 Å². The Bertz CT molecular complexity index is 1110. The van der Waals surface area contributed by atoms with Gasteiger partial charge < -0.3 is 15.2 Å². The summed E-state index contributed by atoms with van der Waals surface area (Å²) in [6.45, 7) is 7.70. The summed E-state index contributed by atoms with van der Waals surface area (Å²) in [5, 5.41) is 17.7. The summed E-state index contributed by atoms with van der Waals surface area (Å²) < 4.78 is 1.93. The SMILES string of the molecule is CC[C@@H](C)NC(=O)N1CCN([C@H](CCC#N)Cn2cc(-c3ncnc4[nH]ccc34)cn2)CC1. The summed E-state index contributed by atoms with van der Waals surface area (Å²) in [4.78, 5) is 28.5. The topological polar surface area (TPSA) is 119 Å². The number of hydrogen-bond donors (Lipinski definition) is 2. The van der Waals surface area contributed by atoms with E-state index in [1.54, 1.807) is 6.33 Å². The number of aromatic amines is 1. The lowest BCUT2D eigenvalue weighted by Gasteiger charge is -2.39. The third-order valence-electron chi connectivity index (χ3n) is 6.35. The molecule has 1 saturated heterocycles. The predicted octanol–water partition coefficient (Wildman–Crippen LogP) is 2.62. The molecule has 2 N–H and O–H groups in total. The third-order valence-corrected chi connectivity index (χ3v) is 6.35. The van der Waals surface area contributed by atoms with Crippen LogP contribution in [-0.2, 0) is 6.54 Å². The number of nitriles is 1. The summed E-state index contributed by atoms with van der Waals surface area (Å²) in [5.74, 6) is 0. The maximum Gasteiger partial charge on any atom is 0.317 e. The van der Waals surface area contributed by atoms with Gasteiger partial charge in [-0.3, -0.25) is 9.58 Å². The monoisotopic (exact) mass is 449 g/mol. The highest BCUT2D eigenvalue weighted by Gasteiger charge is 2.27. The Morgan fingerprint density at radius 3 is 2.88 bits per heavy atom. The van der Waals surface area contributed by atoms with Gasteiger partial charge in [0, 0.05) is 68.0 Å². The molecule has 10 nitrogen and oxygen atoms in total. The van der Waals surface area contributed by atoms with Crippen LogP contribution in [0.1, 0.15) is 33.1 Å². The molecule has 174 valence electrons. The summed E-state index contributed by atoms with van der Waals surface area (Å²) in [7, 11) is 0. The van der Waals surface area contributed by atoms with Crippen LogP contribution in [0.25, 0.3) is 22.3 Å². The highest BCUT2D eigenvalue weighted by molar-refractivity contribution is 5.89. The van der Waals surface area contributed by atoms with E-state index in [-0.39, 0.29) is 18.1 Å². The number of aromatic nitrogens is 5. The molecule has 2 atom stereocenters. The lowest BCUT2D eigenvalue weighted by atomic mass is 10.1. The molecule has 0 radical (unpaired) electrons. The van der Waals surface area contributed by atoms with Crippen molar-refractivity contribution in [3.63, 3.8) is 0 Å². The van der Waals surface area contributed by atoms with Crippen LogP contribution in [-0.4, -0.2) is 78.8 Å². The number of rotatable bonds is 8. The van der Waals surface area contributed by atoms with E-state index < -0.39 is 0 Å². The Morgan fingerprint density at radius 1 is 1.30 bits per heavy atom. The summed E-state index contributed by atoms with van der Waals surface area (Å²) in [6.07, 6.45) is 9.41. The summed E-state index contributed by atoms with van der Waals surface area (Å²) in [5.41, 5.74) is 2.59. The number of carbonyl (C=O) groups is 1. The number of fused-ring (bicyclic) bond motifs is 1. The molecule has 0 aromatic carbocycles. The first kappa shape index (κ1) is 22.7. The smallest absolute Gasteiger partial charge is 0.317 e. The Morgan fingerprint density at radius 2 is 2.12 bits per heavy atom. The molecule has 4 heterocycles. The fraction of sp³-hybridized carbons (Fsp3) is 0.522. The van der Waals surface area contributed by atoms with Crippen molar-refractivity contribution in [2.45, 2.75) is 51.7 Å². The number of piperazine rings is 1. The van der Waals surface area contributed by atoms with Crippen LogP contribution < -0.4 is 5.32 Å². The molecular weight excluding hydrogens is 418 g/mol. The molecule has 4 rings (SSSR count). The van der Waals surface area contributed by atoms with Gasteiger partial charge in [0.15, 0.2) is 0 Å². The quantitative estimate of drug-likeness (QED) is 0.546. The van der Waals surface area contributed by atoms with Crippen molar-refractivity contribution in [2.75, 3.05) is 26.2 Å². The van der Waals surface area contributed by atoms with Crippen LogP contribution >= 0.6 is 0 Å². The summed E-state index contributed by atoms with van der Waals surface area (Å²) in [6, 6.07) is 4.60. The van der Waals surface area contributed by atoms with Crippen LogP contribution in [0.3, 0.4) is 0 Å². The van der Waals surface area contributed by atoms with Crippen molar-refractivity contribution in [1.29, 1.82) is 5.26 Å². The predicted molar refractivity (Wildman–Crippen MR) is 125 cm³/mol. The molecule has 0 bridgehead atoms. The van der Waals surface area contributed by atoms with Gasteiger partial charge in [0.2, 0.25) is 0 Å². The number of carbonyl (C=O) groups excluding carboxylic acids is 1. The van der Waals surface area contributed by atoms with E-state index in [1.165, 1.54) is 0 Å².